The topological polar surface area (TPSA) is 131 Å². The van der Waals surface area contributed by atoms with Crippen LogP contribution in [-0.4, -0.2) is 130 Å². The van der Waals surface area contributed by atoms with E-state index in [1.807, 2.05) is 23.2 Å². The minimum atomic E-state index is -4.60. The van der Waals surface area contributed by atoms with Crippen molar-refractivity contribution in [2.24, 2.45) is 5.73 Å². The van der Waals surface area contributed by atoms with E-state index in [4.69, 9.17) is 10.7 Å². The Morgan fingerprint density at radius 2 is 1.86 bits per heavy atom. The van der Waals surface area contributed by atoms with Gasteiger partial charge < -0.3 is 35.7 Å². The molecule has 42 heavy (non-hydrogen) atoms. The molecule has 0 saturated carbocycles. The van der Waals surface area contributed by atoms with E-state index < -0.39 is 24.5 Å². The molecule has 6 rings (SSSR count). The second-order valence-corrected chi connectivity index (χ2v) is 11.5. The molecule has 6 heterocycles. The number of rotatable bonds is 7. The number of hydrogen-bond acceptors (Lipinski definition) is 10. The highest BCUT2D eigenvalue weighted by Crippen LogP contribution is 2.35. The normalized spacial score (nSPS) is 24.0. The first-order valence-corrected chi connectivity index (χ1v) is 14.2. The first-order valence-electron chi connectivity index (χ1n) is 14.2. The van der Waals surface area contributed by atoms with Crippen LogP contribution >= 0.6 is 0 Å². The van der Waals surface area contributed by atoms with Crippen LogP contribution in [0.3, 0.4) is 0 Å². The zero-order chi connectivity index (χ0) is 29.6. The predicted molar refractivity (Wildman–Crippen MR) is 148 cm³/mol. The second-order valence-electron chi connectivity index (χ2n) is 11.5. The fraction of sp³-hybridized carbons (Fsp3) is 0.615. The summed E-state index contributed by atoms with van der Waals surface area (Å²) in [6, 6.07) is 1.27. The summed E-state index contributed by atoms with van der Waals surface area (Å²) in [5.74, 6) is -0.0694. The molecule has 13 nitrogen and oxygen atoms in total. The number of aromatic nitrogens is 3. The second kappa shape index (κ2) is 11.2. The van der Waals surface area contributed by atoms with Crippen LogP contribution in [0.4, 0.5) is 24.8 Å². The fourth-order valence-corrected chi connectivity index (χ4v) is 6.20. The molecule has 0 aromatic carbocycles. The van der Waals surface area contributed by atoms with Crippen LogP contribution in [0.25, 0.3) is 5.65 Å². The van der Waals surface area contributed by atoms with Gasteiger partial charge in [0.05, 0.1) is 24.4 Å². The lowest BCUT2D eigenvalue weighted by atomic mass is 10.1. The summed E-state index contributed by atoms with van der Waals surface area (Å²) >= 11 is 0. The van der Waals surface area contributed by atoms with Gasteiger partial charge in [-0.3, -0.25) is 9.59 Å². The van der Waals surface area contributed by atoms with Crippen molar-refractivity contribution in [3.63, 3.8) is 0 Å². The largest absolute Gasteiger partial charge is 0.404 e. The zero-order valence-electron chi connectivity index (χ0n) is 23.4. The van der Waals surface area contributed by atoms with Gasteiger partial charge in [-0.25, -0.2) is 9.94 Å². The first-order chi connectivity index (χ1) is 20.0. The molecule has 3 fully saturated rings. The van der Waals surface area contributed by atoms with Crippen molar-refractivity contribution < 1.29 is 22.8 Å². The number of nitrogens with two attached hydrogens (primary N) is 1. The van der Waals surface area contributed by atoms with E-state index in [-0.39, 0.29) is 24.5 Å². The van der Waals surface area contributed by atoms with E-state index in [0.29, 0.717) is 31.2 Å². The van der Waals surface area contributed by atoms with Gasteiger partial charge in [-0.15, -0.1) is 5.10 Å². The molecule has 2 aromatic rings. The highest BCUT2D eigenvalue weighted by atomic mass is 19.4. The van der Waals surface area contributed by atoms with Crippen molar-refractivity contribution in [1.82, 2.24) is 39.7 Å². The highest BCUT2D eigenvalue weighted by Gasteiger charge is 2.45. The molecule has 3 saturated heterocycles. The Labute approximate surface area is 241 Å². The average molecular weight is 592 g/mol. The average Bonchev–Trinajstić information content (AvgIpc) is 3.63. The van der Waals surface area contributed by atoms with Gasteiger partial charge in [0.15, 0.2) is 5.65 Å². The maximum Gasteiger partial charge on any atom is 0.404 e. The molecule has 2 amide bonds. The molecule has 0 radical (unpaired) electrons. The lowest BCUT2D eigenvalue weighted by Crippen LogP contribution is -2.57. The Bertz CT molecular complexity index is 1340. The zero-order valence-corrected chi connectivity index (χ0v) is 23.4. The molecule has 4 aliphatic heterocycles. The number of likely N-dealkylation sites (N-methyl/N-ethyl adjacent to an activating group) is 1. The molecule has 0 aliphatic carbocycles. The summed E-state index contributed by atoms with van der Waals surface area (Å²) < 4.78 is 40.5. The van der Waals surface area contributed by atoms with Gasteiger partial charge in [0.2, 0.25) is 17.8 Å². The number of amides is 2. The number of fused-ring (bicyclic) bond motifs is 3. The van der Waals surface area contributed by atoms with E-state index in [1.165, 1.54) is 0 Å². The van der Waals surface area contributed by atoms with E-state index in [0.717, 1.165) is 50.4 Å². The summed E-state index contributed by atoms with van der Waals surface area (Å²) in [6.45, 7) is 4.90. The minimum Gasteiger partial charge on any atom is -0.364 e. The number of anilines is 2. The predicted octanol–water partition coefficient (Wildman–Crippen LogP) is 0.0361. The van der Waals surface area contributed by atoms with Gasteiger partial charge in [-0.2, -0.15) is 18.2 Å². The third kappa shape index (κ3) is 5.83. The first kappa shape index (κ1) is 28.5. The highest BCUT2D eigenvalue weighted by molar-refractivity contribution is 5.79. The summed E-state index contributed by atoms with van der Waals surface area (Å²) in [6.07, 6.45) is -0.239. The molecule has 4 aliphatic rings. The quantitative estimate of drug-likeness (QED) is 0.406. The number of pyridine rings is 1. The van der Waals surface area contributed by atoms with Crippen molar-refractivity contribution in [3.05, 3.63) is 30.2 Å². The SMILES string of the molecule is CN1CCN(C(=O)CN2C=C(Nc3nc4c(N5CC6CCC(C5)N6C(=O)CC(N)C(F)(F)F)cccn4n3)CN2)CC1. The van der Waals surface area contributed by atoms with Gasteiger partial charge in [0.25, 0.3) is 0 Å². The van der Waals surface area contributed by atoms with Crippen LogP contribution in [0.5, 0.6) is 0 Å². The molecular weight excluding hydrogens is 555 g/mol. The maximum atomic E-state index is 12.9. The van der Waals surface area contributed by atoms with Gasteiger partial charge in [0.1, 0.15) is 12.6 Å². The molecule has 2 bridgehead atoms. The Balaban J connectivity index is 1.10. The van der Waals surface area contributed by atoms with Crippen molar-refractivity contribution in [2.75, 3.05) is 69.6 Å². The number of carbonyl (C=O) groups is 2. The van der Waals surface area contributed by atoms with Crippen LogP contribution in [-0.2, 0) is 9.59 Å². The smallest absolute Gasteiger partial charge is 0.364 e. The summed E-state index contributed by atoms with van der Waals surface area (Å²) in [7, 11) is 2.05. The van der Waals surface area contributed by atoms with Crippen LogP contribution in [0.2, 0.25) is 0 Å². The molecule has 2 aromatic heterocycles. The standard InChI is InChI=1S/C26H36F3N11O2/c1-35-7-9-36(10-8-35)23(42)16-38-13-17(12-31-38)32-25-33-24-20(3-2-6-39(24)34-25)37-14-18-4-5-19(15-37)40(18)22(41)11-21(30)26(27,28)29/h2-3,6,13,18-19,21,31H,4-5,7-12,14-16,30H2,1H3,(H,32,34). The number of halogens is 3. The fourth-order valence-electron chi connectivity index (χ4n) is 6.20. The molecule has 228 valence electrons. The summed E-state index contributed by atoms with van der Waals surface area (Å²) in [5.41, 5.74) is 10.7. The minimum absolute atomic E-state index is 0.0718. The molecule has 3 unspecified atom stereocenters. The number of hydrazine groups is 1. The van der Waals surface area contributed by atoms with Gasteiger partial charge in [-0.1, -0.05) is 0 Å². The third-order valence-corrected chi connectivity index (χ3v) is 8.49. The Morgan fingerprint density at radius 1 is 1.14 bits per heavy atom. The maximum absolute atomic E-state index is 12.9. The monoisotopic (exact) mass is 591 g/mol. The molecule has 16 heteroatoms. The molecule has 3 atom stereocenters. The van der Waals surface area contributed by atoms with Crippen LogP contribution < -0.4 is 21.4 Å². The number of nitrogens with one attached hydrogen (secondary N) is 2. The van der Waals surface area contributed by atoms with Crippen LogP contribution in [0, 0.1) is 0 Å². The van der Waals surface area contributed by atoms with Crippen molar-refractivity contribution in [1.29, 1.82) is 0 Å². The molecular formula is C26H36F3N11O2. The lowest BCUT2D eigenvalue weighted by Gasteiger charge is -2.42. The third-order valence-electron chi connectivity index (χ3n) is 8.49. The number of alkyl halides is 3. The van der Waals surface area contributed by atoms with Gasteiger partial charge in [0, 0.05) is 63.7 Å². The van der Waals surface area contributed by atoms with Gasteiger partial charge >= 0.3 is 6.18 Å². The Morgan fingerprint density at radius 3 is 2.55 bits per heavy atom. The van der Waals surface area contributed by atoms with Crippen LogP contribution in [0.1, 0.15) is 19.3 Å². The Kier molecular flexibility index (Phi) is 7.61. The van der Waals surface area contributed by atoms with E-state index >= 15 is 0 Å². The van der Waals surface area contributed by atoms with E-state index in [2.05, 4.69) is 32.7 Å². The number of carbonyl (C=O) groups excluding carboxylic acids is 2. The van der Waals surface area contributed by atoms with Gasteiger partial charge in [-0.05, 0) is 32.0 Å². The Hall–Kier alpha value is -3.63. The van der Waals surface area contributed by atoms with Crippen molar-refractivity contribution >= 4 is 29.1 Å². The number of hydrogen-bond donors (Lipinski definition) is 3. The number of piperazine rings is 2. The summed E-state index contributed by atoms with van der Waals surface area (Å²) in [5, 5.41) is 9.57. The van der Waals surface area contributed by atoms with E-state index in [1.54, 1.807) is 20.6 Å². The number of nitrogens with zero attached hydrogens (tertiary/aromatic N) is 8. The lowest BCUT2D eigenvalue weighted by molar-refractivity contribution is -0.159. The van der Waals surface area contributed by atoms with E-state index in [9.17, 15) is 22.8 Å². The molecule has 0 spiro atoms. The summed E-state index contributed by atoms with van der Waals surface area (Å²) in [4.78, 5) is 38.0. The van der Waals surface area contributed by atoms with Crippen molar-refractivity contribution in [3.8, 4) is 0 Å². The van der Waals surface area contributed by atoms with Crippen LogP contribution in [0.15, 0.2) is 30.2 Å². The van der Waals surface area contributed by atoms with Crippen molar-refractivity contribution in [2.45, 2.75) is 43.6 Å². The molecule has 4 N–H and O–H groups in total.